The molecule has 4 saturated carbocycles. The zero-order valence-corrected chi connectivity index (χ0v) is 13.0. The van der Waals surface area contributed by atoms with E-state index in [9.17, 15) is 4.79 Å². The van der Waals surface area contributed by atoms with Gasteiger partial charge in [0.1, 0.15) is 0 Å². The largest absolute Gasteiger partial charge is 0.352 e. The predicted molar refractivity (Wildman–Crippen MR) is 82.6 cm³/mol. The minimum Gasteiger partial charge on any atom is -0.352 e. The van der Waals surface area contributed by atoms with Crippen LogP contribution in [0.5, 0.6) is 0 Å². The Kier molecular flexibility index (Phi) is 5.44. The maximum Gasteiger partial charge on any atom is 0.230 e. The Morgan fingerprint density at radius 2 is 1.68 bits per heavy atom. The van der Waals surface area contributed by atoms with Gasteiger partial charge >= 0.3 is 0 Å². The lowest BCUT2D eigenvalue weighted by molar-refractivity contribution is -0.122. The Labute approximate surface area is 126 Å². The molecule has 19 heavy (non-hydrogen) atoms. The summed E-state index contributed by atoms with van der Waals surface area (Å²) in [6, 6.07) is 0.490. The smallest absolute Gasteiger partial charge is 0.230 e. The third kappa shape index (κ3) is 3.40. The van der Waals surface area contributed by atoms with Crippen LogP contribution in [0.25, 0.3) is 0 Å². The first kappa shape index (κ1) is 15.5. The SMILES string of the molecule is Cl.NCCSCC(=O)NC1C2CC3CC(C2)CC1C3. The molecule has 0 unspecified atom stereocenters. The fourth-order valence-electron chi connectivity index (χ4n) is 4.64. The molecular weight excluding hydrogens is 280 g/mol. The number of nitrogens with one attached hydrogen (secondary N) is 1. The zero-order chi connectivity index (χ0) is 12.5. The van der Waals surface area contributed by atoms with Crippen LogP contribution < -0.4 is 11.1 Å². The lowest BCUT2D eigenvalue weighted by Gasteiger charge is -2.54. The molecule has 0 aromatic carbocycles. The van der Waals surface area contributed by atoms with Crippen LogP contribution in [0.15, 0.2) is 0 Å². The number of hydrogen-bond acceptors (Lipinski definition) is 3. The summed E-state index contributed by atoms with van der Waals surface area (Å²) in [6.45, 7) is 0.663. The highest BCUT2D eigenvalue weighted by atomic mass is 35.5. The number of rotatable bonds is 5. The Bertz CT molecular complexity index is 299. The second-order valence-electron chi connectivity index (χ2n) is 6.37. The molecule has 3 nitrogen and oxygen atoms in total. The summed E-state index contributed by atoms with van der Waals surface area (Å²) in [5, 5.41) is 3.32. The van der Waals surface area contributed by atoms with E-state index in [4.69, 9.17) is 5.73 Å². The molecule has 0 aromatic heterocycles. The average Bonchev–Trinajstić information content (AvgIpc) is 2.33. The van der Waals surface area contributed by atoms with E-state index >= 15 is 0 Å². The lowest BCUT2D eigenvalue weighted by atomic mass is 9.54. The normalized spacial score (nSPS) is 38.9. The Morgan fingerprint density at radius 1 is 1.11 bits per heavy atom. The van der Waals surface area contributed by atoms with Crippen LogP contribution in [0.2, 0.25) is 0 Å². The number of hydrogen-bond donors (Lipinski definition) is 2. The molecule has 4 aliphatic carbocycles. The average molecular weight is 305 g/mol. The van der Waals surface area contributed by atoms with Gasteiger partial charge in [-0.2, -0.15) is 11.8 Å². The van der Waals surface area contributed by atoms with Crippen molar-refractivity contribution in [1.82, 2.24) is 5.32 Å². The van der Waals surface area contributed by atoms with Gasteiger partial charge in [-0.1, -0.05) is 0 Å². The first-order chi connectivity index (χ1) is 8.76. The molecular formula is C14H25ClN2OS. The molecule has 0 aliphatic heterocycles. The van der Waals surface area contributed by atoms with E-state index < -0.39 is 0 Å². The van der Waals surface area contributed by atoms with E-state index in [0.717, 1.165) is 29.4 Å². The molecule has 0 radical (unpaired) electrons. The van der Waals surface area contributed by atoms with Crippen LogP contribution in [-0.2, 0) is 4.79 Å². The van der Waals surface area contributed by atoms with Crippen molar-refractivity contribution in [2.24, 2.45) is 29.4 Å². The van der Waals surface area contributed by atoms with Crippen molar-refractivity contribution in [2.75, 3.05) is 18.1 Å². The van der Waals surface area contributed by atoms with Crippen molar-refractivity contribution in [2.45, 2.75) is 38.1 Å². The zero-order valence-electron chi connectivity index (χ0n) is 11.3. The summed E-state index contributed by atoms with van der Waals surface area (Å²) in [5.41, 5.74) is 5.44. The summed E-state index contributed by atoms with van der Waals surface area (Å²) in [5.74, 6) is 5.22. The van der Waals surface area contributed by atoms with Gasteiger partial charge in [0.2, 0.25) is 5.91 Å². The predicted octanol–water partition coefficient (Wildman–Crippen LogP) is 2.04. The van der Waals surface area contributed by atoms with Crippen molar-refractivity contribution >= 4 is 30.1 Å². The Morgan fingerprint density at radius 3 is 2.21 bits per heavy atom. The first-order valence-electron chi connectivity index (χ1n) is 7.33. The minimum absolute atomic E-state index is 0. The molecule has 3 N–H and O–H groups in total. The standard InChI is InChI=1S/C14H24N2OS.ClH/c15-1-2-18-8-13(17)16-14-11-4-9-3-10(6-11)7-12(14)5-9;/h9-12,14H,1-8,15H2,(H,16,17);1H. The van der Waals surface area contributed by atoms with Gasteiger partial charge in [-0.15, -0.1) is 12.4 Å². The molecule has 4 aliphatic rings. The fraction of sp³-hybridized carbons (Fsp3) is 0.929. The lowest BCUT2D eigenvalue weighted by Crippen LogP contribution is -2.56. The van der Waals surface area contributed by atoms with Crippen molar-refractivity contribution in [1.29, 1.82) is 0 Å². The van der Waals surface area contributed by atoms with Crippen molar-refractivity contribution in [3.8, 4) is 0 Å². The van der Waals surface area contributed by atoms with Crippen molar-refractivity contribution in [3.05, 3.63) is 0 Å². The third-order valence-electron chi connectivity index (χ3n) is 5.05. The summed E-state index contributed by atoms with van der Waals surface area (Å²) < 4.78 is 0. The van der Waals surface area contributed by atoms with Gasteiger partial charge in [0.25, 0.3) is 0 Å². The van der Waals surface area contributed by atoms with Crippen molar-refractivity contribution < 1.29 is 4.79 Å². The molecule has 4 fully saturated rings. The van der Waals surface area contributed by atoms with Crippen LogP contribution in [0.1, 0.15) is 32.1 Å². The number of thioether (sulfide) groups is 1. The van der Waals surface area contributed by atoms with E-state index in [0.29, 0.717) is 18.3 Å². The summed E-state index contributed by atoms with van der Waals surface area (Å²) in [7, 11) is 0. The van der Waals surface area contributed by atoms with E-state index in [2.05, 4.69) is 5.32 Å². The van der Waals surface area contributed by atoms with Gasteiger partial charge in [-0.05, 0) is 55.8 Å². The second kappa shape index (κ2) is 6.68. The molecule has 4 rings (SSSR count). The molecule has 0 spiro atoms. The Balaban J connectivity index is 0.00000133. The molecule has 0 atom stereocenters. The number of nitrogens with two attached hydrogens (primary N) is 1. The molecule has 0 heterocycles. The van der Waals surface area contributed by atoms with E-state index in [1.807, 2.05) is 0 Å². The number of carbonyl (C=O) groups is 1. The summed E-state index contributed by atoms with van der Waals surface area (Å²) in [4.78, 5) is 11.9. The van der Waals surface area contributed by atoms with Crippen LogP contribution in [0.3, 0.4) is 0 Å². The van der Waals surface area contributed by atoms with E-state index in [-0.39, 0.29) is 18.3 Å². The topological polar surface area (TPSA) is 55.1 Å². The molecule has 4 bridgehead atoms. The van der Waals surface area contributed by atoms with Crippen LogP contribution in [0, 0.1) is 23.7 Å². The summed E-state index contributed by atoms with van der Waals surface area (Å²) in [6.07, 6.45) is 6.95. The minimum atomic E-state index is 0. The Hall–Kier alpha value is 0.0700. The first-order valence-corrected chi connectivity index (χ1v) is 8.49. The van der Waals surface area contributed by atoms with Gasteiger partial charge < -0.3 is 11.1 Å². The van der Waals surface area contributed by atoms with Gasteiger partial charge in [0, 0.05) is 18.3 Å². The maximum atomic E-state index is 11.9. The van der Waals surface area contributed by atoms with Crippen LogP contribution in [0.4, 0.5) is 0 Å². The highest BCUT2D eigenvalue weighted by molar-refractivity contribution is 7.99. The van der Waals surface area contributed by atoms with Crippen molar-refractivity contribution in [3.63, 3.8) is 0 Å². The van der Waals surface area contributed by atoms with E-state index in [1.165, 1.54) is 32.1 Å². The molecule has 110 valence electrons. The molecule has 0 saturated heterocycles. The summed E-state index contributed by atoms with van der Waals surface area (Å²) >= 11 is 1.65. The van der Waals surface area contributed by atoms with Crippen LogP contribution in [-0.4, -0.2) is 30.0 Å². The quantitative estimate of drug-likeness (QED) is 0.764. The second-order valence-corrected chi connectivity index (χ2v) is 7.47. The third-order valence-corrected chi connectivity index (χ3v) is 6.04. The van der Waals surface area contributed by atoms with Gasteiger partial charge in [0.15, 0.2) is 0 Å². The number of amides is 1. The van der Waals surface area contributed by atoms with Gasteiger partial charge in [-0.3, -0.25) is 4.79 Å². The molecule has 0 aromatic rings. The molecule has 5 heteroatoms. The number of halogens is 1. The van der Waals surface area contributed by atoms with Gasteiger partial charge in [-0.25, -0.2) is 0 Å². The highest BCUT2D eigenvalue weighted by Gasteiger charge is 2.48. The fourth-order valence-corrected chi connectivity index (χ4v) is 5.22. The highest BCUT2D eigenvalue weighted by Crippen LogP contribution is 2.53. The molecule has 1 amide bonds. The number of carbonyl (C=O) groups excluding carboxylic acids is 1. The monoisotopic (exact) mass is 304 g/mol. The van der Waals surface area contributed by atoms with Crippen LogP contribution >= 0.6 is 24.2 Å². The van der Waals surface area contributed by atoms with Gasteiger partial charge in [0.05, 0.1) is 5.75 Å². The van der Waals surface area contributed by atoms with E-state index in [1.54, 1.807) is 11.8 Å². The maximum absolute atomic E-state index is 11.9.